The summed E-state index contributed by atoms with van der Waals surface area (Å²) in [5.41, 5.74) is 3.14. The number of carbonyl (C=O) groups is 1. The molecule has 138 valence electrons. The van der Waals surface area contributed by atoms with Gasteiger partial charge in [-0.15, -0.1) is 0 Å². The first-order chi connectivity index (χ1) is 13.0. The van der Waals surface area contributed by atoms with E-state index >= 15 is 0 Å². The molecule has 0 heterocycles. The summed E-state index contributed by atoms with van der Waals surface area (Å²) in [5, 5.41) is 11.2. The Morgan fingerprint density at radius 3 is 2.48 bits per heavy atom. The summed E-state index contributed by atoms with van der Waals surface area (Å²) in [4.78, 5) is 13.1. The number of aliphatic hydroxyl groups excluding tert-OH is 1. The van der Waals surface area contributed by atoms with Crippen molar-refractivity contribution in [3.8, 4) is 11.1 Å². The standard InChI is InChI=1S/C23H20ClFO2/c1-2-13-3-8-16(18-10-9-17(24)12-20(18)25)11-19(13)21-22(26)14-4-5-15(7-6-14)23(21)27/h3-5,8-12,14-15,26H,2,6-7H2,1H3/t14-,15?/m1/s1. The quantitative estimate of drug-likeness (QED) is 0.647. The van der Waals surface area contributed by atoms with Crippen molar-refractivity contribution >= 4 is 23.0 Å². The maximum absolute atomic E-state index is 14.4. The molecule has 2 aromatic carbocycles. The van der Waals surface area contributed by atoms with Crippen LogP contribution in [0.4, 0.5) is 4.39 Å². The molecule has 0 saturated heterocycles. The number of allylic oxidation sites excluding steroid dienone is 3. The molecule has 0 fully saturated rings. The number of aliphatic hydroxyl groups is 1. The number of benzene rings is 2. The highest BCUT2D eigenvalue weighted by Gasteiger charge is 2.35. The average Bonchev–Trinajstić information content (AvgIpc) is 2.86. The maximum atomic E-state index is 14.4. The molecule has 3 aliphatic rings. The number of fused-ring (bicyclic) bond motifs is 2. The van der Waals surface area contributed by atoms with Crippen molar-refractivity contribution in [2.24, 2.45) is 11.8 Å². The molecule has 27 heavy (non-hydrogen) atoms. The fourth-order valence-corrected chi connectivity index (χ4v) is 4.20. The van der Waals surface area contributed by atoms with Crippen LogP contribution in [0.5, 0.6) is 0 Å². The van der Waals surface area contributed by atoms with Crippen LogP contribution in [0.25, 0.3) is 16.7 Å². The molecule has 3 aliphatic carbocycles. The Balaban J connectivity index is 1.90. The van der Waals surface area contributed by atoms with E-state index in [1.807, 2.05) is 37.3 Å². The number of ketones is 1. The van der Waals surface area contributed by atoms with Crippen LogP contribution in [-0.4, -0.2) is 10.9 Å². The highest BCUT2D eigenvalue weighted by Crippen LogP contribution is 2.41. The Labute approximate surface area is 163 Å². The lowest BCUT2D eigenvalue weighted by Crippen LogP contribution is -2.14. The zero-order valence-corrected chi connectivity index (χ0v) is 15.8. The second-order valence-corrected chi connectivity index (χ2v) is 7.59. The molecule has 0 saturated carbocycles. The Morgan fingerprint density at radius 1 is 1.07 bits per heavy atom. The van der Waals surface area contributed by atoms with Crippen molar-refractivity contribution < 1.29 is 14.3 Å². The predicted molar refractivity (Wildman–Crippen MR) is 106 cm³/mol. The van der Waals surface area contributed by atoms with Gasteiger partial charge in [0.15, 0.2) is 5.78 Å². The Morgan fingerprint density at radius 2 is 1.81 bits per heavy atom. The number of hydrogen-bond donors (Lipinski definition) is 1. The van der Waals surface area contributed by atoms with Crippen LogP contribution in [0, 0.1) is 17.7 Å². The van der Waals surface area contributed by atoms with Gasteiger partial charge in [0.25, 0.3) is 0 Å². The number of rotatable bonds is 3. The van der Waals surface area contributed by atoms with Crippen molar-refractivity contribution in [3.05, 3.63) is 76.3 Å². The molecule has 4 heteroatoms. The number of carbonyl (C=O) groups excluding carboxylic acids is 1. The van der Waals surface area contributed by atoms with Gasteiger partial charge in [0.2, 0.25) is 0 Å². The van der Waals surface area contributed by atoms with Crippen molar-refractivity contribution in [3.63, 3.8) is 0 Å². The summed E-state index contributed by atoms with van der Waals surface area (Å²) in [6, 6.07) is 10.1. The van der Waals surface area contributed by atoms with Crippen LogP contribution in [0.2, 0.25) is 5.02 Å². The summed E-state index contributed by atoms with van der Waals surface area (Å²) in [7, 11) is 0. The molecule has 0 radical (unpaired) electrons. The predicted octanol–water partition coefficient (Wildman–Crippen LogP) is 6.14. The minimum Gasteiger partial charge on any atom is -0.511 e. The molecule has 1 N–H and O–H groups in total. The van der Waals surface area contributed by atoms with E-state index < -0.39 is 5.82 Å². The van der Waals surface area contributed by atoms with Crippen molar-refractivity contribution in [2.45, 2.75) is 26.2 Å². The Hall–Kier alpha value is -2.39. The molecule has 0 aromatic heterocycles. The highest BCUT2D eigenvalue weighted by atomic mass is 35.5. The minimum absolute atomic E-state index is 0.0489. The van der Waals surface area contributed by atoms with E-state index in [2.05, 4.69) is 0 Å². The van der Waals surface area contributed by atoms with E-state index in [1.54, 1.807) is 12.1 Å². The molecular formula is C23H20ClFO2. The first-order valence-corrected chi connectivity index (χ1v) is 9.61. The molecule has 0 aliphatic heterocycles. The van der Waals surface area contributed by atoms with Crippen LogP contribution in [0.15, 0.2) is 54.3 Å². The van der Waals surface area contributed by atoms with Gasteiger partial charge in [0, 0.05) is 22.4 Å². The van der Waals surface area contributed by atoms with Gasteiger partial charge in [-0.2, -0.15) is 0 Å². The molecule has 2 atom stereocenters. The van der Waals surface area contributed by atoms with Gasteiger partial charge in [-0.1, -0.05) is 42.8 Å². The summed E-state index contributed by atoms with van der Waals surface area (Å²) < 4.78 is 14.4. The number of aryl methyl sites for hydroxylation is 1. The lowest BCUT2D eigenvalue weighted by Gasteiger charge is -2.16. The first kappa shape index (κ1) is 18.0. The van der Waals surface area contributed by atoms with E-state index in [-0.39, 0.29) is 23.4 Å². The minimum atomic E-state index is -0.412. The Kier molecular flexibility index (Phi) is 4.65. The van der Waals surface area contributed by atoms with Crippen molar-refractivity contribution in [1.29, 1.82) is 0 Å². The largest absolute Gasteiger partial charge is 0.511 e. The SMILES string of the molecule is CCc1ccc(-c2ccc(Cl)cc2F)cc1C1=C(O)[C@@H]2C=CC(CC2)C1=O. The molecule has 0 amide bonds. The molecule has 2 nitrogen and oxygen atoms in total. The van der Waals surface area contributed by atoms with Crippen LogP contribution in [0.1, 0.15) is 30.9 Å². The average molecular weight is 383 g/mol. The second-order valence-electron chi connectivity index (χ2n) is 7.15. The second kappa shape index (κ2) is 6.97. The summed E-state index contributed by atoms with van der Waals surface area (Å²) in [6.45, 7) is 2.01. The Bertz CT molecular complexity index is 990. The van der Waals surface area contributed by atoms with Gasteiger partial charge in [-0.05, 0) is 60.2 Å². The molecular weight excluding hydrogens is 363 g/mol. The van der Waals surface area contributed by atoms with Gasteiger partial charge in [-0.3, -0.25) is 4.79 Å². The third kappa shape index (κ3) is 3.10. The van der Waals surface area contributed by atoms with E-state index in [1.165, 1.54) is 6.07 Å². The number of Topliss-reactive ketones (excluding diaryl/α,β-unsaturated/α-hetero) is 1. The molecule has 5 rings (SSSR count). The van der Waals surface area contributed by atoms with Gasteiger partial charge >= 0.3 is 0 Å². The fraction of sp³-hybridized carbons (Fsp3) is 0.261. The lowest BCUT2D eigenvalue weighted by molar-refractivity contribution is -0.116. The fourth-order valence-electron chi connectivity index (χ4n) is 4.04. The third-order valence-electron chi connectivity index (χ3n) is 5.56. The van der Waals surface area contributed by atoms with Gasteiger partial charge in [-0.25, -0.2) is 4.39 Å². The lowest BCUT2D eigenvalue weighted by atomic mass is 9.87. The zero-order valence-electron chi connectivity index (χ0n) is 15.0. The highest BCUT2D eigenvalue weighted by molar-refractivity contribution is 6.30. The topological polar surface area (TPSA) is 37.3 Å². The van der Waals surface area contributed by atoms with Gasteiger partial charge in [0.1, 0.15) is 11.6 Å². The van der Waals surface area contributed by atoms with Crippen LogP contribution >= 0.6 is 11.6 Å². The number of halogens is 2. The van der Waals surface area contributed by atoms with Crippen LogP contribution in [0.3, 0.4) is 0 Å². The van der Waals surface area contributed by atoms with Gasteiger partial charge < -0.3 is 5.11 Å². The van der Waals surface area contributed by atoms with E-state index in [4.69, 9.17) is 11.6 Å². The third-order valence-corrected chi connectivity index (χ3v) is 5.79. The van der Waals surface area contributed by atoms with Crippen molar-refractivity contribution in [1.82, 2.24) is 0 Å². The zero-order chi connectivity index (χ0) is 19.1. The van der Waals surface area contributed by atoms with Gasteiger partial charge in [0.05, 0.1) is 5.57 Å². The molecule has 2 aromatic rings. The maximum Gasteiger partial charge on any atom is 0.173 e. The van der Waals surface area contributed by atoms with E-state index in [9.17, 15) is 14.3 Å². The van der Waals surface area contributed by atoms with Crippen LogP contribution in [-0.2, 0) is 11.2 Å². The summed E-state index contributed by atoms with van der Waals surface area (Å²) in [5.74, 6) is -0.637. The smallest absolute Gasteiger partial charge is 0.173 e. The molecule has 0 spiro atoms. The molecule has 2 bridgehead atoms. The van der Waals surface area contributed by atoms with E-state index in [0.717, 1.165) is 18.4 Å². The van der Waals surface area contributed by atoms with E-state index in [0.29, 0.717) is 33.7 Å². The monoisotopic (exact) mass is 382 g/mol. The summed E-state index contributed by atoms with van der Waals surface area (Å²) >= 11 is 5.87. The number of hydrogen-bond acceptors (Lipinski definition) is 2. The van der Waals surface area contributed by atoms with Crippen molar-refractivity contribution in [2.75, 3.05) is 0 Å². The molecule has 1 unspecified atom stereocenters. The van der Waals surface area contributed by atoms with Crippen LogP contribution < -0.4 is 0 Å². The normalized spacial score (nSPS) is 21.7. The summed E-state index contributed by atoms with van der Waals surface area (Å²) in [6.07, 6.45) is 6.08. The first-order valence-electron chi connectivity index (χ1n) is 9.24.